The van der Waals surface area contributed by atoms with Crippen molar-refractivity contribution in [2.24, 2.45) is 0 Å². The largest absolute Gasteiger partial charge is 0.365 e. The maximum Gasteiger partial charge on any atom is 0.330 e. The smallest absolute Gasteiger partial charge is 0.330 e. The first-order chi connectivity index (χ1) is 11.9. The van der Waals surface area contributed by atoms with Gasteiger partial charge in [-0.05, 0) is 31.0 Å². The second kappa shape index (κ2) is 9.10. The van der Waals surface area contributed by atoms with Gasteiger partial charge in [0.05, 0.1) is 0 Å². The van der Waals surface area contributed by atoms with Crippen molar-refractivity contribution >= 4 is 5.91 Å². The minimum absolute atomic E-state index is 0.128. The maximum absolute atomic E-state index is 12.7. The van der Waals surface area contributed by atoms with Crippen LogP contribution in [-0.2, 0) is 16.1 Å². The number of rotatable bonds is 8. The molecule has 140 valence electrons. The number of aromatic nitrogens is 1. The van der Waals surface area contributed by atoms with Gasteiger partial charge in [-0.3, -0.25) is 14.7 Å². The third-order valence-electron chi connectivity index (χ3n) is 3.85. The van der Waals surface area contributed by atoms with Gasteiger partial charge in [0.1, 0.15) is 13.2 Å². The summed E-state index contributed by atoms with van der Waals surface area (Å²) in [6.07, 6.45) is 1.31. The van der Waals surface area contributed by atoms with Crippen molar-refractivity contribution in [1.29, 1.82) is 0 Å². The van der Waals surface area contributed by atoms with Gasteiger partial charge in [-0.2, -0.15) is 8.78 Å². The average molecular weight is 363 g/mol. The first kappa shape index (κ1) is 19.6. The van der Waals surface area contributed by atoms with Crippen molar-refractivity contribution in [1.82, 2.24) is 15.2 Å². The second-order valence-electron chi connectivity index (χ2n) is 6.06. The molecule has 1 saturated heterocycles. The molecule has 2 rings (SSSR count). The maximum atomic E-state index is 12.7. The monoisotopic (exact) mass is 363 g/mol. The van der Waals surface area contributed by atoms with Crippen molar-refractivity contribution in [2.45, 2.75) is 37.8 Å². The minimum atomic E-state index is -4.24. The standard InChI is InChI=1S/C16H21F4N3O2/c17-15(18)16(19,20)11-25-10-14(24)22-13-4-2-6-23(9-13)8-12-3-1-5-21-7-12/h1,3,5,7,13,15H,2,4,6,8-11H2,(H,22,24). The first-order valence-electron chi connectivity index (χ1n) is 8.01. The number of nitrogens with zero attached hydrogens (tertiary/aromatic N) is 2. The van der Waals surface area contributed by atoms with Crippen LogP contribution in [-0.4, -0.2) is 60.5 Å². The number of hydrogen-bond donors (Lipinski definition) is 1. The fourth-order valence-corrected chi connectivity index (χ4v) is 2.68. The Balaban J connectivity index is 1.71. The summed E-state index contributed by atoms with van der Waals surface area (Å²) in [4.78, 5) is 18.0. The van der Waals surface area contributed by atoms with E-state index in [0.29, 0.717) is 13.1 Å². The molecule has 1 N–H and O–H groups in total. The molecular formula is C16H21F4N3O2. The van der Waals surface area contributed by atoms with E-state index in [1.165, 1.54) is 0 Å². The first-order valence-corrected chi connectivity index (χ1v) is 8.01. The normalized spacial score (nSPS) is 19.2. The number of amides is 1. The molecule has 5 nitrogen and oxygen atoms in total. The van der Waals surface area contributed by atoms with Gasteiger partial charge < -0.3 is 10.1 Å². The lowest BCUT2D eigenvalue weighted by atomic mass is 10.1. The molecule has 1 aliphatic rings. The number of carbonyl (C=O) groups excluding carboxylic acids is 1. The zero-order chi connectivity index (χ0) is 18.3. The lowest BCUT2D eigenvalue weighted by Gasteiger charge is -2.33. The molecule has 1 atom stereocenters. The molecule has 0 radical (unpaired) electrons. The number of hydrogen-bond acceptors (Lipinski definition) is 4. The third kappa shape index (κ3) is 6.58. The molecule has 0 aromatic carbocycles. The number of carbonyl (C=O) groups is 1. The Morgan fingerprint density at radius 2 is 2.28 bits per heavy atom. The fraction of sp³-hybridized carbons (Fsp3) is 0.625. The topological polar surface area (TPSA) is 54.5 Å². The number of pyridine rings is 1. The van der Waals surface area contributed by atoms with Gasteiger partial charge in [0, 0.05) is 31.5 Å². The Kier molecular flexibility index (Phi) is 7.12. The predicted molar refractivity (Wildman–Crippen MR) is 82.4 cm³/mol. The van der Waals surface area contributed by atoms with Gasteiger partial charge in [-0.25, -0.2) is 8.78 Å². The van der Waals surface area contributed by atoms with Crippen LogP contribution in [0.1, 0.15) is 18.4 Å². The summed E-state index contributed by atoms with van der Waals surface area (Å²) in [5.41, 5.74) is 1.06. The summed E-state index contributed by atoms with van der Waals surface area (Å²) in [5, 5.41) is 2.70. The summed E-state index contributed by atoms with van der Waals surface area (Å²) in [7, 11) is 0. The van der Waals surface area contributed by atoms with Gasteiger partial charge >= 0.3 is 12.3 Å². The van der Waals surface area contributed by atoms with Crippen LogP contribution >= 0.6 is 0 Å². The van der Waals surface area contributed by atoms with Gasteiger partial charge in [0.15, 0.2) is 0 Å². The fourth-order valence-electron chi connectivity index (χ4n) is 2.68. The average Bonchev–Trinajstić information content (AvgIpc) is 2.55. The number of nitrogens with one attached hydrogen (secondary N) is 1. The molecule has 1 aliphatic heterocycles. The number of halogens is 4. The highest BCUT2D eigenvalue weighted by Gasteiger charge is 2.41. The van der Waals surface area contributed by atoms with Gasteiger partial charge in [0.25, 0.3) is 0 Å². The lowest BCUT2D eigenvalue weighted by Crippen LogP contribution is -2.48. The van der Waals surface area contributed by atoms with E-state index in [-0.39, 0.29) is 6.04 Å². The van der Waals surface area contributed by atoms with E-state index in [1.54, 1.807) is 12.4 Å². The van der Waals surface area contributed by atoms with Crippen LogP contribution in [0.5, 0.6) is 0 Å². The summed E-state index contributed by atoms with van der Waals surface area (Å²) >= 11 is 0. The number of likely N-dealkylation sites (tertiary alicyclic amines) is 1. The van der Waals surface area contributed by atoms with Gasteiger partial charge in [-0.15, -0.1) is 0 Å². The Hall–Kier alpha value is -1.74. The number of ether oxygens (including phenoxy) is 1. The highest BCUT2D eigenvalue weighted by molar-refractivity contribution is 5.77. The van der Waals surface area contributed by atoms with Crippen molar-refractivity contribution in [3.8, 4) is 0 Å². The van der Waals surface area contributed by atoms with Crippen molar-refractivity contribution in [2.75, 3.05) is 26.3 Å². The van der Waals surface area contributed by atoms with E-state index in [4.69, 9.17) is 0 Å². The van der Waals surface area contributed by atoms with Crippen LogP contribution in [0.3, 0.4) is 0 Å². The molecule has 0 bridgehead atoms. The quantitative estimate of drug-likeness (QED) is 0.719. The molecule has 1 aromatic heterocycles. The molecule has 0 spiro atoms. The number of alkyl halides is 4. The Bertz CT molecular complexity index is 545. The van der Waals surface area contributed by atoms with Gasteiger partial charge in [-0.1, -0.05) is 6.07 Å². The van der Waals surface area contributed by atoms with Crippen LogP contribution in [0.4, 0.5) is 17.6 Å². The van der Waals surface area contributed by atoms with E-state index in [2.05, 4.69) is 19.9 Å². The summed E-state index contributed by atoms with van der Waals surface area (Å²) < 4.78 is 53.8. The van der Waals surface area contributed by atoms with Crippen molar-refractivity contribution in [3.05, 3.63) is 30.1 Å². The molecule has 1 unspecified atom stereocenters. The zero-order valence-electron chi connectivity index (χ0n) is 13.6. The molecule has 0 aliphatic carbocycles. The summed E-state index contributed by atoms with van der Waals surface area (Å²) in [5.74, 6) is -4.83. The second-order valence-corrected chi connectivity index (χ2v) is 6.06. The highest BCUT2D eigenvalue weighted by atomic mass is 19.3. The zero-order valence-corrected chi connectivity index (χ0v) is 13.6. The molecule has 9 heteroatoms. The molecule has 1 amide bonds. The van der Waals surface area contributed by atoms with E-state index in [0.717, 1.165) is 24.9 Å². The van der Waals surface area contributed by atoms with Crippen LogP contribution in [0.15, 0.2) is 24.5 Å². The summed E-state index contributed by atoms with van der Waals surface area (Å²) in [6, 6.07) is 3.69. The Morgan fingerprint density at radius 1 is 1.48 bits per heavy atom. The third-order valence-corrected chi connectivity index (χ3v) is 3.85. The van der Waals surface area contributed by atoms with E-state index in [9.17, 15) is 22.4 Å². The summed E-state index contributed by atoms with van der Waals surface area (Å²) in [6.45, 7) is 0.0703. The van der Waals surface area contributed by atoms with Crippen molar-refractivity contribution < 1.29 is 27.1 Å². The highest BCUT2D eigenvalue weighted by Crippen LogP contribution is 2.22. The molecular weight excluding hydrogens is 342 g/mol. The van der Waals surface area contributed by atoms with Crippen LogP contribution in [0.2, 0.25) is 0 Å². The Morgan fingerprint density at radius 3 is 2.96 bits per heavy atom. The van der Waals surface area contributed by atoms with Crippen molar-refractivity contribution in [3.63, 3.8) is 0 Å². The van der Waals surface area contributed by atoms with Gasteiger partial charge in [0.2, 0.25) is 5.91 Å². The van der Waals surface area contributed by atoms with Crippen LogP contribution < -0.4 is 5.32 Å². The Labute approximate surface area is 143 Å². The van der Waals surface area contributed by atoms with E-state index in [1.807, 2.05) is 12.1 Å². The molecule has 1 aromatic rings. The molecule has 25 heavy (non-hydrogen) atoms. The molecule has 0 saturated carbocycles. The van der Waals surface area contributed by atoms with E-state index < -0.39 is 31.5 Å². The van der Waals surface area contributed by atoms with E-state index >= 15 is 0 Å². The predicted octanol–water partition coefficient (Wildman–Crippen LogP) is 2.08. The molecule has 2 heterocycles. The minimum Gasteiger partial charge on any atom is -0.365 e. The van der Waals surface area contributed by atoms with Crippen LogP contribution in [0.25, 0.3) is 0 Å². The number of piperidine rings is 1. The lowest BCUT2D eigenvalue weighted by molar-refractivity contribution is -0.168. The SMILES string of the molecule is O=C(COCC(F)(F)C(F)F)NC1CCCN(Cc2cccnc2)C1. The molecule has 1 fully saturated rings. The van der Waals surface area contributed by atoms with Crippen LogP contribution in [0, 0.1) is 0 Å².